The Kier molecular flexibility index (Phi) is 5.85. The Morgan fingerprint density at radius 3 is 2.56 bits per heavy atom. The molecule has 0 saturated carbocycles. The molecule has 2 aliphatic heterocycles. The second kappa shape index (κ2) is 8.45. The Bertz CT molecular complexity index is 1220. The van der Waals surface area contributed by atoms with Crippen molar-refractivity contribution in [3.05, 3.63) is 47.0 Å². The number of ether oxygens (including phenoxy) is 1. The number of esters is 1. The first kappa shape index (κ1) is 22.1. The molecule has 2 heterocycles. The number of fused-ring (bicyclic) bond motifs is 3. The highest BCUT2D eigenvalue weighted by Crippen LogP contribution is 2.39. The predicted octanol–water partition coefficient (Wildman–Crippen LogP) is 1.32. The van der Waals surface area contributed by atoms with Gasteiger partial charge in [0.1, 0.15) is 6.54 Å². The molecule has 0 atom stereocenters. The van der Waals surface area contributed by atoms with Crippen LogP contribution in [-0.4, -0.2) is 57.7 Å². The summed E-state index contributed by atoms with van der Waals surface area (Å²) in [7, 11) is -1.91. The van der Waals surface area contributed by atoms with Crippen molar-refractivity contribution in [3.63, 3.8) is 0 Å². The first-order valence-corrected chi connectivity index (χ1v) is 11.7. The van der Waals surface area contributed by atoms with Crippen LogP contribution in [0.1, 0.15) is 28.4 Å². The molecular formula is C22H23N3O6S. The summed E-state index contributed by atoms with van der Waals surface area (Å²) >= 11 is 0. The quantitative estimate of drug-likeness (QED) is 0.496. The Morgan fingerprint density at radius 2 is 1.88 bits per heavy atom. The van der Waals surface area contributed by atoms with Crippen molar-refractivity contribution < 1.29 is 27.5 Å². The van der Waals surface area contributed by atoms with E-state index in [1.54, 1.807) is 25.1 Å². The highest BCUT2D eigenvalue weighted by atomic mass is 32.2. The van der Waals surface area contributed by atoms with Crippen molar-refractivity contribution in [3.8, 4) is 11.1 Å². The second-order valence-electron chi connectivity index (χ2n) is 7.73. The molecule has 0 radical (unpaired) electrons. The molecule has 9 nitrogen and oxygen atoms in total. The smallest absolute Gasteiger partial charge is 0.321 e. The third-order valence-corrected chi connectivity index (χ3v) is 7.01. The number of likely N-dealkylation sites (N-methyl/N-ethyl adjacent to an activating group) is 1. The van der Waals surface area contributed by atoms with E-state index in [0.717, 1.165) is 35.2 Å². The van der Waals surface area contributed by atoms with E-state index < -0.39 is 34.2 Å². The van der Waals surface area contributed by atoms with Gasteiger partial charge in [-0.3, -0.25) is 14.4 Å². The topological polar surface area (TPSA) is 122 Å². The fourth-order valence-electron chi connectivity index (χ4n) is 4.03. The van der Waals surface area contributed by atoms with Crippen LogP contribution in [0.4, 0.5) is 5.69 Å². The number of hydrogen-bond donors (Lipinski definition) is 2. The fraction of sp³-hybridized carbons (Fsp3) is 0.318. The van der Waals surface area contributed by atoms with Crippen molar-refractivity contribution in [1.82, 2.24) is 9.62 Å². The van der Waals surface area contributed by atoms with Gasteiger partial charge in [-0.05, 0) is 60.8 Å². The molecule has 2 aromatic rings. The number of anilines is 1. The van der Waals surface area contributed by atoms with E-state index in [1.165, 1.54) is 12.1 Å². The van der Waals surface area contributed by atoms with Crippen molar-refractivity contribution in [1.29, 1.82) is 0 Å². The number of sulfonamides is 1. The molecule has 0 unspecified atom stereocenters. The van der Waals surface area contributed by atoms with E-state index in [0.29, 0.717) is 17.8 Å². The zero-order chi connectivity index (χ0) is 23.0. The van der Waals surface area contributed by atoms with E-state index >= 15 is 0 Å². The van der Waals surface area contributed by atoms with Gasteiger partial charge in [0.05, 0.1) is 22.8 Å². The molecule has 0 spiro atoms. The summed E-state index contributed by atoms with van der Waals surface area (Å²) in [5.41, 5.74) is 4.41. The van der Waals surface area contributed by atoms with Gasteiger partial charge in [-0.1, -0.05) is 12.1 Å². The minimum Gasteiger partial charge on any atom is -0.465 e. The van der Waals surface area contributed by atoms with E-state index in [4.69, 9.17) is 4.74 Å². The van der Waals surface area contributed by atoms with Gasteiger partial charge in [0.2, 0.25) is 10.0 Å². The molecule has 1 amide bonds. The van der Waals surface area contributed by atoms with Gasteiger partial charge < -0.3 is 15.0 Å². The molecule has 0 aliphatic carbocycles. The number of rotatable bonds is 6. The van der Waals surface area contributed by atoms with Gasteiger partial charge in [0.25, 0.3) is 11.7 Å². The molecular weight excluding hydrogens is 434 g/mol. The normalized spacial score (nSPS) is 15.8. The van der Waals surface area contributed by atoms with Crippen LogP contribution < -0.4 is 10.0 Å². The van der Waals surface area contributed by atoms with E-state index in [9.17, 15) is 22.8 Å². The summed E-state index contributed by atoms with van der Waals surface area (Å²) in [5, 5.41) is 2.70. The van der Waals surface area contributed by atoms with Gasteiger partial charge in [0.15, 0.2) is 0 Å². The maximum Gasteiger partial charge on any atom is 0.321 e. The van der Waals surface area contributed by atoms with Crippen LogP contribution in [0.5, 0.6) is 0 Å². The molecule has 4 rings (SSSR count). The number of carbonyl (C=O) groups is 3. The van der Waals surface area contributed by atoms with Gasteiger partial charge in [0, 0.05) is 13.1 Å². The van der Waals surface area contributed by atoms with Crippen molar-refractivity contribution >= 4 is 33.4 Å². The van der Waals surface area contributed by atoms with Crippen LogP contribution in [0.15, 0.2) is 35.2 Å². The van der Waals surface area contributed by atoms with Crippen molar-refractivity contribution in [2.24, 2.45) is 0 Å². The number of ketones is 1. The lowest BCUT2D eigenvalue weighted by molar-refractivity contribution is -0.141. The molecule has 32 heavy (non-hydrogen) atoms. The summed E-state index contributed by atoms with van der Waals surface area (Å²) in [6, 6.07) is 7.93. The molecule has 168 valence electrons. The lowest BCUT2D eigenvalue weighted by atomic mass is 9.87. The largest absolute Gasteiger partial charge is 0.465 e. The Hall–Kier alpha value is -3.08. The standard InChI is InChI=1S/C22H23N3O6S/c1-3-31-19(26)11-23-32(29,30)14-6-4-13(5-7-14)16-10-17-20(24-22(28)21(17)27)18-12-25(2)9-8-15(16)18/h4-7,10,23H,3,8-9,11-12H2,1-2H3,(H,24,27,28). The highest BCUT2D eigenvalue weighted by molar-refractivity contribution is 7.89. The van der Waals surface area contributed by atoms with Crippen molar-refractivity contribution in [2.45, 2.75) is 24.8 Å². The number of hydrogen-bond acceptors (Lipinski definition) is 7. The first-order valence-electron chi connectivity index (χ1n) is 10.2. The SMILES string of the molecule is CCOC(=O)CNS(=O)(=O)c1ccc(-c2cc3c(c4c2CCN(C)C4)NC(=O)C3=O)cc1. The van der Waals surface area contributed by atoms with Crippen LogP contribution in [0, 0.1) is 0 Å². The molecule has 2 aliphatic rings. The van der Waals surface area contributed by atoms with Gasteiger partial charge >= 0.3 is 5.97 Å². The second-order valence-corrected chi connectivity index (χ2v) is 9.50. The number of Topliss-reactive ketones (excluding diaryl/α,β-unsaturated/α-hetero) is 1. The summed E-state index contributed by atoms with van der Waals surface area (Å²) in [5.74, 6) is -1.86. The molecule has 2 aromatic carbocycles. The summed E-state index contributed by atoms with van der Waals surface area (Å²) in [6.07, 6.45) is 0.736. The van der Waals surface area contributed by atoms with E-state index in [-0.39, 0.29) is 11.5 Å². The number of amides is 1. The average Bonchev–Trinajstić information content (AvgIpc) is 3.06. The van der Waals surface area contributed by atoms with Crippen LogP contribution in [0.3, 0.4) is 0 Å². The Balaban J connectivity index is 1.68. The molecule has 10 heteroatoms. The minimum absolute atomic E-state index is 0.00762. The van der Waals surface area contributed by atoms with E-state index in [1.807, 2.05) is 7.05 Å². The monoisotopic (exact) mass is 457 g/mol. The molecule has 2 N–H and O–H groups in total. The summed E-state index contributed by atoms with van der Waals surface area (Å²) in [4.78, 5) is 37.9. The molecule has 0 saturated heterocycles. The van der Waals surface area contributed by atoms with Crippen LogP contribution in [-0.2, 0) is 37.3 Å². The third kappa shape index (κ3) is 4.04. The molecule has 0 bridgehead atoms. The van der Waals surface area contributed by atoms with E-state index in [2.05, 4.69) is 14.9 Å². The first-order chi connectivity index (χ1) is 15.2. The average molecular weight is 458 g/mol. The number of nitrogens with zero attached hydrogens (tertiary/aromatic N) is 1. The Labute approximate surface area is 185 Å². The molecule has 0 fully saturated rings. The van der Waals surface area contributed by atoms with Crippen LogP contribution in [0.2, 0.25) is 0 Å². The number of nitrogens with one attached hydrogen (secondary N) is 2. The lowest BCUT2D eigenvalue weighted by Crippen LogP contribution is -2.30. The minimum atomic E-state index is -3.89. The van der Waals surface area contributed by atoms with Gasteiger partial charge in [-0.25, -0.2) is 8.42 Å². The number of carbonyl (C=O) groups excluding carboxylic acids is 3. The maximum atomic E-state index is 12.5. The third-order valence-electron chi connectivity index (χ3n) is 5.60. The zero-order valence-electron chi connectivity index (χ0n) is 17.7. The zero-order valence-corrected chi connectivity index (χ0v) is 18.5. The van der Waals surface area contributed by atoms with Gasteiger partial charge in [-0.2, -0.15) is 4.72 Å². The maximum absolute atomic E-state index is 12.5. The fourth-order valence-corrected chi connectivity index (χ4v) is 5.00. The van der Waals surface area contributed by atoms with Crippen LogP contribution >= 0.6 is 0 Å². The van der Waals surface area contributed by atoms with Crippen molar-refractivity contribution in [2.75, 3.05) is 32.1 Å². The van der Waals surface area contributed by atoms with Gasteiger partial charge in [-0.15, -0.1) is 0 Å². The number of benzene rings is 2. The van der Waals surface area contributed by atoms with Crippen LogP contribution in [0.25, 0.3) is 11.1 Å². The predicted molar refractivity (Wildman–Crippen MR) is 117 cm³/mol. The summed E-state index contributed by atoms with van der Waals surface area (Å²) < 4.78 is 31.9. The molecule has 0 aromatic heterocycles. The Morgan fingerprint density at radius 1 is 1.16 bits per heavy atom. The highest BCUT2D eigenvalue weighted by Gasteiger charge is 2.34. The lowest BCUT2D eigenvalue weighted by Gasteiger charge is -2.29. The summed E-state index contributed by atoms with van der Waals surface area (Å²) in [6.45, 7) is 2.78.